The third-order valence-electron chi connectivity index (χ3n) is 4.00. The molecule has 0 saturated heterocycles. The Morgan fingerprint density at radius 3 is 2.24 bits per heavy atom. The van der Waals surface area contributed by atoms with Crippen molar-refractivity contribution < 1.29 is 4.79 Å². The fourth-order valence-corrected chi connectivity index (χ4v) is 2.60. The molecule has 0 N–H and O–H groups in total. The Hall–Kier alpha value is -1.15. The predicted octanol–water partition coefficient (Wildman–Crippen LogP) is 4.94. The Bertz CT molecular complexity index is 374. The largest absolute Gasteiger partial charge is 0.304 e. The summed E-state index contributed by atoms with van der Waals surface area (Å²) < 4.78 is 0. The van der Waals surface area contributed by atoms with E-state index in [1.54, 1.807) is 0 Å². The van der Waals surface area contributed by atoms with Gasteiger partial charge in [-0.05, 0) is 32.5 Å². The summed E-state index contributed by atoms with van der Waals surface area (Å²) >= 11 is 0. The number of unbranched alkanes of at least 4 members (excludes halogenated alkanes) is 4. The van der Waals surface area contributed by atoms with Gasteiger partial charge in [-0.3, -0.25) is 4.79 Å². The molecule has 0 atom stereocenters. The molecule has 0 saturated carbocycles. The summed E-state index contributed by atoms with van der Waals surface area (Å²) in [5.74, 6) is 0.273. The zero-order valence-electron chi connectivity index (χ0n) is 13.8. The maximum atomic E-state index is 12.0. The van der Waals surface area contributed by atoms with Gasteiger partial charge < -0.3 is 4.90 Å². The van der Waals surface area contributed by atoms with Crippen LogP contribution >= 0.6 is 0 Å². The molecule has 21 heavy (non-hydrogen) atoms. The Labute approximate surface area is 130 Å². The first-order valence-electron chi connectivity index (χ1n) is 8.58. The molecule has 0 fully saturated rings. The quantitative estimate of drug-likeness (QED) is 0.401. The Kier molecular flexibility index (Phi) is 9.81. The molecule has 0 aromatic heterocycles. The van der Waals surface area contributed by atoms with Crippen LogP contribution < -0.4 is 0 Å². The summed E-state index contributed by atoms with van der Waals surface area (Å²) in [5.41, 5.74) is 0.847. The van der Waals surface area contributed by atoms with Gasteiger partial charge in [0, 0.05) is 12.0 Å². The van der Waals surface area contributed by atoms with E-state index >= 15 is 0 Å². The molecule has 1 aromatic carbocycles. The van der Waals surface area contributed by atoms with Gasteiger partial charge in [-0.2, -0.15) is 0 Å². The van der Waals surface area contributed by atoms with Crippen LogP contribution in [0.15, 0.2) is 30.3 Å². The standard InChI is InChI=1S/C19H31NO/c1-3-5-6-7-11-16-20(4-2)17-12-15-19(21)18-13-9-8-10-14-18/h8-10,13-14H,3-7,11-12,15-17H2,1-2H3. The van der Waals surface area contributed by atoms with Crippen LogP contribution in [0.5, 0.6) is 0 Å². The predicted molar refractivity (Wildman–Crippen MR) is 90.9 cm³/mol. The van der Waals surface area contributed by atoms with Gasteiger partial charge in [-0.1, -0.05) is 69.9 Å². The number of nitrogens with zero attached hydrogens (tertiary/aromatic N) is 1. The normalized spacial score (nSPS) is 11.0. The molecule has 0 amide bonds. The summed E-state index contributed by atoms with van der Waals surface area (Å²) in [6.45, 7) is 7.78. The van der Waals surface area contributed by atoms with Crippen LogP contribution in [0.3, 0.4) is 0 Å². The summed E-state index contributed by atoms with van der Waals surface area (Å²) in [6.07, 6.45) is 8.29. The highest BCUT2D eigenvalue weighted by atomic mass is 16.1. The number of hydrogen-bond donors (Lipinski definition) is 0. The van der Waals surface area contributed by atoms with Gasteiger partial charge in [0.1, 0.15) is 0 Å². The Balaban J connectivity index is 2.15. The third kappa shape index (κ3) is 8.01. The van der Waals surface area contributed by atoms with Crippen molar-refractivity contribution in [3.63, 3.8) is 0 Å². The highest BCUT2D eigenvalue weighted by Gasteiger charge is 2.07. The average molecular weight is 289 g/mol. The molecular formula is C19H31NO. The van der Waals surface area contributed by atoms with Crippen molar-refractivity contribution in [2.75, 3.05) is 19.6 Å². The molecule has 2 nitrogen and oxygen atoms in total. The number of carbonyl (C=O) groups excluding carboxylic acids is 1. The highest BCUT2D eigenvalue weighted by Crippen LogP contribution is 2.07. The lowest BCUT2D eigenvalue weighted by atomic mass is 10.1. The molecule has 0 bridgehead atoms. The lowest BCUT2D eigenvalue weighted by Gasteiger charge is -2.20. The monoisotopic (exact) mass is 289 g/mol. The second-order valence-electron chi connectivity index (χ2n) is 5.74. The van der Waals surface area contributed by atoms with E-state index < -0.39 is 0 Å². The van der Waals surface area contributed by atoms with Crippen LogP contribution in [0.2, 0.25) is 0 Å². The van der Waals surface area contributed by atoms with Crippen LogP contribution in [0, 0.1) is 0 Å². The van der Waals surface area contributed by atoms with Crippen molar-refractivity contribution in [1.82, 2.24) is 4.90 Å². The van der Waals surface area contributed by atoms with E-state index in [1.807, 2.05) is 30.3 Å². The van der Waals surface area contributed by atoms with Crippen molar-refractivity contribution in [2.24, 2.45) is 0 Å². The first-order valence-corrected chi connectivity index (χ1v) is 8.58. The fraction of sp³-hybridized carbons (Fsp3) is 0.632. The summed E-state index contributed by atoms with van der Waals surface area (Å²) in [7, 11) is 0. The van der Waals surface area contributed by atoms with E-state index in [9.17, 15) is 4.79 Å². The molecular weight excluding hydrogens is 258 g/mol. The lowest BCUT2D eigenvalue weighted by Crippen LogP contribution is -2.26. The van der Waals surface area contributed by atoms with Crippen LogP contribution in [-0.4, -0.2) is 30.3 Å². The van der Waals surface area contributed by atoms with E-state index in [0.29, 0.717) is 6.42 Å². The third-order valence-corrected chi connectivity index (χ3v) is 4.00. The number of rotatable bonds is 12. The zero-order valence-corrected chi connectivity index (χ0v) is 13.8. The Morgan fingerprint density at radius 2 is 1.57 bits per heavy atom. The smallest absolute Gasteiger partial charge is 0.162 e. The number of ketones is 1. The number of Topliss-reactive ketones (excluding diaryl/α,β-unsaturated/α-hetero) is 1. The SMILES string of the molecule is CCCCCCCN(CC)CCCC(=O)c1ccccc1. The zero-order chi connectivity index (χ0) is 15.3. The Morgan fingerprint density at radius 1 is 0.905 bits per heavy atom. The number of benzene rings is 1. The minimum atomic E-state index is 0.273. The van der Waals surface area contributed by atoms with Crippen LogP contribution in [0.4, 0.5) is 0 Å². The van der Waals surface area contributed by atoms with Crippen LogP contribution in [-0.2, 0) is 0 Å². The highest BCUT2D eigenvalue weighted by molar-refractivity contribution is 5.95. The molecule has 0 unspecified atom stereocenters. The lowest BCUT2D eigenvalue weighted by molar-refractivity contribution is 0.0975. The molecule has 0 aliphatic rings. The maximum absolute atomic E-state index is 12.0. The number of hydrogen-bond acceptors (Lipinski definition) is 2. The maximum Gasteiger partial charge on any atom is 0.162 e. The van der Waals surface area contributed by atoms with E-state index in [0.717, 1.165) is 25.1 Å². The fourth-order valence-electron chi connectivity index (χ4n) is 2.60. The van der Waals surface area contributed by atoms with Crippen molar-refractivity contribution >= 4 is 5.78 Å². The van der Waals surface area contributed by atoms with Gasteiger partial charge in [0.05, 0.1) is 0 Å². The van der Waals surface area contributed by atoms with Gasteiger partial charge in [0.2, 0.25) is 0 Å². The molecule has 0 heterocycles. The van der Waals surface area contributed by atoms with E-state index in [4.69, 9.17) is 0 Å². The van der Waals surface area contributed by atoms with E-state index in [1.165, 1.54) is 38.6 Å². The van der Waals surface area contributed by atoms with Crippen LogP contribution in [0.25, 0.3) is 0 Å². The number of carbonyl (C=O) groups is 1. The topological polar surface area (TPSA) is 20.3 Å². The molecule has 1 rings (SSSR count). The first-order chi connectivity index (χ1) is 10.3. The average Bonchev–Trinajstić information content (AvgIpc) is 2.53. The van der Waals surface area contributed by atoms with E-state index in [2.05, 4.69) is 18.7 Å². The van der Waals surface area contributed by atoms with Crippen molar-refractivity contribution in [3.05, 3.63) is 35.9 Å². The van der Waals surface area contributed by atoms with Crippen molar-refractivity contribution in [1.29, 1.82) is 0 Å². The second-order valence-corrected chi connectivity index (χ2v) is 5.74. The minimum absolute atomic E-state index is 0.273. The molecule has 0 radical (unpaired) electrons. The van der Waals surface area contributed by atoms with Crippen LogP contribution in [0.1, 0.15) is 69.2 Å². The van der Waals surface area contributed by atoms with Gasteiger partial charge in [0.15, 0.2) is 5.78 Å². The molecule has 0 spiro atoms. The van der Waals surface area contributed by atoms with Gasteiger partial charge >= 0.3 is 0 Å². The molecule has 2 heteroatoms. The van der Waals surface area contributed by atoms with Crippen molar-refractivity contribution in [2.45, 2.75) is 58.8 Å². The molecule has 0 aliphatic heterocycles. The van der Waals surface area contributed by atoms with Gasteiger partial charge in [-0.15, -0.1) is 0 Å². The summed E-state index contributed by atoms with van der Waals surface area (Å²) in [6, 6.07) is 9.64. The molecule has 1 aromatic rings. The van der Waals surface area contributed by atoms with E-state index in [-0.39, 0.29) is 5.78 Å². The molecule has 118 valence electrons. The van der Waals surface area contributed by atoms with Crippen molar-refractivity contribution in [3.8, 4) is 0 Å². The van der Waals surface area contributed by atoms with Gasteiger partial charge in [-0.25, -0.2) is 0 Å². The first kappa shape index (κ1) is 17.9. The molecule has 0 aliphatic carbocycles. The minimum Gasteiger partial charge on any atom is -0.304 e. The summed E-state index contributed by atoms with van der Waals surface area (Å²) in [5, 5.41) is 0. The second kappa shape index (κ2) is 11.5. The van der Waals surface area contributed by atoms with Gasteiger partial charge in [0.25, 0.3) is 0 Å². The summed E-state index contributed by atoms with van der Waals surface area (Å²) in [4.78, 5) is 14.5.